The molecule has 1 unspecified atom stereocenters. The summed E-state index contributed by atoms with van der Waals surface area (Å²) in [6.07, 6.45) is 6.96. The van der Waals surface area contributed by atoms with Gasteiger partial charge >= 0.3 is 0 Å². The average molecular weight is 280 g/mol. The first-order valence-electron chi connectivity index (χ1n) is 6.16. The van der Waals surface area contributed by atoms with E-state index in [1.54, 1.807) is 30.7 Å². The molecule has 0 spiro atoms. The van der Waals surface area contributed by atoms with Crippen LogP contribution < -0.4 is 5.32 Å². The fourth-order valence-corrected chi connectivity index (χ4v) is 2.14. The van der Waals surface area contributed by atoms with E-state index in [0.29, 0.717) is 10.6 Å². The van der Waals surface area contributed by atoms with Gasteiger partial charge in [-0.05, 0) is 30.7 Å². The first-order chi connectivity index (χ1) is 9.24. The van der Waals surface area contributed by atoms with Gasteiger partial charge < -0.3 is 5.32 Å². The molecule has 0 radical (unpaired) electrons. The number of nitrogens with one attached hydrogen (secondary N) is 1. The minimum Gasteiger partial charge on any atom is -0.306 e. The van der Waals surface area contributed by atoms with Crippen LogP contribution in [0.4, 0.5) is 4.39 Å². The molecule has 2 rings (SSSR count). The van der Waals surface area contributed by atoms with Crippen molar-refractivity contribution in [3.63, 3.8) is 0 Å². The maximum Gasteiger partial charge on any atom is 0.146 e. The van der Waals surface area contributed by atoms with Gasteiger partial charge in [-0.2, -0.15) is 0 Å². The van der Waals surface area contributed by atoms with Gasteiger partial charge in [-0.1, -0.05) is 18.5 Å². The topological polar surface area (TPSA) is 37.8 Å². The quantitative estimate of drug-likeness (QED) is 0.912. The zero-order valence-corrected chi connectivity index (χ0v) is 11.4. The van der Waals surface area contributed by atoms with Crippen LogP contribution in [0.15, 0.2) is 36.9 Å². The highest BCUT2D eigenvalue weighted by molar-refractivity contribution is 6.31. The van der Waals surface area contributed by atoms with E-state index in [1.807, 2.05) is 0 Å². The molecule has 5 heteroatoms. The van der Waals surface area contributed by atoms with Crippen molar-refractivity contribution in [3.8, 4) is 0 Å². The third-order valence-corrected chi connectivity index (χ3v) is 3.14. The van der Waals surface area contributed by atoms with Gasteiger partial charge in [-0.25, -0.2) is 4.39 Å². The molecule has 100 valence electrons. The Morgan fingerprint density at radius 3 is 2.53 bits per heavy atom. The van der Waals surface area contributed by atoms with E-state index in [9.17, 15) is 4.39 Å². The summed E-state index contributed by atoms with van der Waals surface area (Å²) in [5.74, 6) is -0.344. The maximum absolute atomic E-state index is 13.9. The Kier molecular flexibility index (Phi) is 4.82. The smallest absolute Gasteiger partial charge is 0.146 e. The van der Waals surface area contributed by atoms with Crippen molar-refractivity contribution in [2.45, 2.75) is 19.4 Å². The number of hydrogen-bond acceptors (Lipinski definition) is 3. The zero-order chi connectivity index (χ0) is 13.7. The molecule has 0 fully saturated rings. The van der Waals surface area contributed by atoms with Gasteiger partial charge in [0.2, 0.25) is 0 Å². The second-order valence-electron chi connectivity index (χ2n) is 4.18. The molecular formula is C14H15ClFN3. The van der Waals surface area contributed by atoms with Gasteiger partial charge in [0, 0.05) is 24.2 Å². The van der Waals surface area contributed by atoms with E-state index in [0.717, 1.165) is 18.5 Å². The molecule has 0 aliphatic heterocycles. The highest BCUT2D eigenvalue weighted by Gasteiger charge is 2.19. The van der Waals surface area contributed by atoms with Crippen LogP contribution in [0, 0.1) is 5.82 Å². The molecule has 0 saturated heterocycles. The Bertz CT molecular complexity index is 502. The number of aromatic nitrogens is 2. The third-order valence-electron chi connectivity index (χ3n) is 2.83. The largest absolute Gasteiger partial charge is 0.306 e. The maximum atomic E-state index is 13.9. The third kappa shape index (κ3) is 3.28. The second-order valence-corrected chi connectivity index (χ2v) is 4.59. The summed E-state index contributed by atoms with van der Waals surface area (Å²) in [5, 5.41) is 3.82. The summed E-state index contributed by atoms with van der Waals surface area (Å²) < 4.78 is 13.9. The average Bonchev–Trinajstić information content (AvgIpc) is 2.42. The Morgan fingerprint density at radius 2 is 1.89 bits per heavy atom. The van der Waals surface area contributed by atoms with E-state index in [1.165, 1.54) is 6.20 Å². The summed E-state index contributed by atoms with van der Waals surface area (Å²) in [7, 11) is 0. The molecular weight excluding hydrogens is 265 g/mol. The fraction of sp³-hybridized carbons (Fsp3) is 0.286. The van der Waals surface area contributed by atoms with Crippen molar-refractivity contribution in [1.29, 1.82) is 0 Å². The minimum atomic E-state index is -0.344. The number of nitrogens with zero attached hydrogens (tertiary/aromatic N) is 2. The highest BCUT2D eigenvalue weighted by Crippen LogP contribution is 2.28. The summed E-state index contributed by atoms with van der Waals surface area (Å²) in [6.45, 7) is 2.83. The lowest BCUT2D eigenvalue weighted by molar-refractivity contribution is 0.543. The number of halogens is 2. The zero-order valence-electron chi connectivity index (χ0n) is 10.6. The van der Waals surface area contributed by atoms with Crippen molar-refractivity contribution < 1.29 is 4.39 Å². The Labute approximate surface area is 116 Å². The van der Waals surface area contributed by atoms with E-state index in [-0.39, 0.29) is 11.9 Å². The Morgan fingerprint density at radius 1 is 1.21 bits per heavy atom. The molecule has 1 atom stereocenters. The molecule has 0 aromatic carbocycles. The van der Waals surface area contributed by atoms with Gasteiger partial charge in [-0.3, -0.25) is 9.97 Å². The standard InChI is InChI=1S/C14H15ClFN3/c1-2-5-19-14(10-3-6-17-8-12(10)15)11-4-7-18-9-13(11)16/h3-4,6-9,14,19H,2,5H2,1H3. The summed E-state index contributed by atoms with van der Waals surface area (Å²) in [6, 6.07) is 3.17. The van der Waals surface area contributed by atoms with Crippen LogP contribution in [0.25, 0.3) is 0 Å². The summed E-state index contributed by atoms with van der Waals surface area (Å²) in [5.41, 5.74) is 1.35. The second kappa shape index (κ2) is 6.59. The van der Waals surface area contributed by atoms with Crippen LogP contribution in [0.2, 0.25) is 5.02 Å². The molecule has 0 aliphatic rings. The molecule has 3 nitrogen and oxygen atoms in total. The Balaban J connectivity index is 2.42. The van der Waals surface area contributed by atoms with E-state index < -0.39 is 0 Å². The van der Waals surface area contributed by atoms with E-state index in [2.05, 4.69) is 22.2 Å². The van der Waals surface area contributed by atoms with Gasteiger partial charge in [0.15, 0.2) is 0 Å². The fourth-order valence-electron chi connectivity index (χ4n) is 1.92. The predicted octanol–water partition coefficient (Wildman–Crippen LogP) is 3.36. The van der Waals surface area contributed by atoms with Crippen LogP contribution in [-0.4, -0.2) is 16.5 Å². The van der Waals surface area contributed by atoms with Crippen LogP contribution in [0.5, 0.6) is 0 Å². The van der Waals surface area contributed by atoms with Crippen molar-refractivity contribution in [3.05, 3.63) is 58.9 Å². The first-order valence-corrected chi connectivity index (χ1v) is 6.54. The molecule has 1 N–H and O–H groups in total. The number of pyridine rings is 2. The lowest BCUT2D eigenvalue weighted by Crippen LogP contribution is -2.24. The van der Waals surface area contributed by atoms with Gasteiger partial charge in [-0.15, -0.1) is 0 Å². The van der Waals surface area contributed by atoms with Crippen molar-refractivity contribution in [2.24, 2.45) is 0 Å². The number of rotatable bonds is 5. The van der Waals surface area contributed by atoms with Crippen molar-refractivity contribution >= 4 is 11.6 Å². The molecule has 0 aliphatic carbocycles. The van der Waals surface area contributed by atoms with Crippen LogP contribution in [0.3, 0.4) is 0 Å². The minimum absolute atomic E-state index is 0.293. The van der Waals surface area contributed by atoms with Crippen molar-refractivity contribution in [1.82, 2.24) is 15.3 Å². The summed E-state index contributed by atoms with van der Waals surface area (Å²) in [4.78, 5) is 7.73. The van der Waals surface area contributed by atoms with Crippen LogP contribution in [0.1, 0.15) is 30.5 Å². The van der Waals surface area contributed by atoms with E-state index in [4.69, 9.17) is 11.6 Å². The molecule has 0 bridgehead atoms. The van der Waals surface area contributed by atoms with Crippen LogP contribution >= 0.6 is 11.6 Å². The lowest BCUT2D eigenvalue weighted by atomic mass is 10.00. The lowest BCUT2D eigenvalue weighted by Gasteiger charge is -2.20. The number of hydrogen-bond donors (Lipinski definition) is 1. The SMILES string of the molecule is CCCNC(c1ccncc1F)c1ccncc1Cl. The van der Waals surface area contributed by atoms with Gasteiger partial charge in [0.1, 0.15) is 5.82 Å². The normalized spacial score (nSPS) is 12.4. The first kappa shape index (κ1) is 13.9. The highest BCUT2D eigenvalue weighted by atomic mass is 35.5. The monoisotopic (exact) mass is 279 g/mol. The van der Waals surface area contributed by atoms with Gasteiger partial charge in [0.05, 0.1) is 17.3 Å². The van der Waals surface area contributed by atoms with Gasteiger partial charge in [0.25, 0.3) is 0 Å². The molecule has 19 heavy (non-hydrogen) atoms. The molecule has 2 heterocycles. The van der Waals surface area contributed by atoms with E-state index >= 15 is 0 Å². The summed E-state index contributed by atoms with van der Waals surface area (Å²) >= 11 is 6.16. The van der Waals surface area contributed by atoms with Crippen LogP contribution in [-0.2, 0) is 0 Å². The Hall–Kier alpha value is -1.52. The van der Waals surface area contributed by atoms with Crippen molar-refractivity contribution in [2.75, 3.05) is 6.54 Å². The molecule has 0 saturated carbocycles. The molecule has 2 aromatic rings. The predicted molar refractivity (Wildman–Crippen MR) is 73.6 cm³/mol. The molecule has 2 aromatic heterocycles. The molecule has 0 amide bonds.